The van der Waals surface area contributed by atoms with Gasteiger partial charge in [0.15, 0.2) is 0 Å². The molecule has 0 aliphatic heterocycles. The predicted molar refractivity (Wildman–Crippen MR) is 93.4 cm³/mol. The minimum atomic E-state index is 0.235. The lowest BCUT2D eigenvalue weighted by atomic mass is 9.97. The van der Waals surface area contributed by atoms with Crippen molar-refractivity contribution in [2.75, 3.05) is 17.2 Å². The first-order valence-electron chi connectivity index (χ1n) is 7.19. The standard InChI is InChI=1S/C17H18N6/c1-9-13(7-8-14(19)21-9)15-10(2)22-17(20)23-16(15)11-3-5-12(18)6-4-11/h3-8H,18H2,1-2H3,(H2,19,21)(H2,20,22,23). The summed E-state index contributed by atoms with van der Waals surface area (Å²) in [5.41, 5.74) is 23.2. The van der Waals surface area contributed by atoms with Crippen molar-refractivity contribution < 1.29 is 0 Å². The highest BCUT2D eigenvalue weighted by atomic mass is 15.0. The Bertz CT molecular complexity index is 871. The zero-order valence-electron chi connectivity index (χ0n) is 13.0. The first-order chi connectivity index (χ1) is 11.0. The van der Waals surface area contributed by atoms with Gasteiger partial charge in [-0.05, 0) is 38.1 Å². The van der Waals surface area contributed by atoms with Crippen LogP contribution in [-0.4, -0.2) is 15.0 Å². The van der Waals surface area contributed by atoms with Crippen LogP contribution in [0.1, 0.15) is 11.4 Å². The Balaban J connectivity index is 2.29. The summed E-state index contributed by atoms with van der Waals surface area (Å²) >= 11 is 0. The molecule has 23 heavy (non-hydrogen) atoms. The van der Waals surface area contributed by atoms with Crippen molar-refractivity contribution in [2.24, 2.45) is 0 Å². The summed E-state index contributed by atoms with van der Waals surface area (Å²) in [6.07, 6.45) is 0. The van der Waals surface area contributed by atoms with E-state index < -0.39 is 0 Å². The second kappa shape index (κ2) is 5.57. The van der Waals surface area contributed by atoms with Crippen molar-refractivity contribution in [3.8, 4) is 22.4 Å². The van der Waals surface area contributed by atoms with Gasteiger partial charge in [0.2, 0.25) is 5.95 Å². The Kier molecular flexibility index (Phi) is 3.57. The first-order valence-corrected chi connectivity index (χ1v) is 7.19. The van der Waals surface area contributed by atoms with E-state index in [0.717, 1.165) is 33.8 Å². The Morgan fingerprint density at radius 2 is 1.43 bits per heavy atom. The molecule has 0 bridgehead atoms. The summed E-state index contributed by atoms with van der Waals surface area (Å²) in [4.78, 5) is 13.1. The molecule has 0 radical (unpaired) electrons. The number of nitrogens with two attached hydrogens (primary N) is 3. The van der Waals surface area contributed by atoms with E-state index in [0.29, 0.717) is 11.5 Å². The number of nitrogens with zero attached hydrogens (tertiary/aromatic N) is 3. The number of benzene rings is 1. The normalized spacial score (nSPS) is 10.7. The zero-order valence-corrected chi connectivity index (χ0v) is 13.0. The SMILES string of the molecule is Cc1nc(N)ccc1-c1c(C)nc(N)nc1-c1ccc(N)cc1. The highest BCUT2D eigenvalue weighted by Gasteiger charge is 2.17. The number of hydrogen-bond acceptors (Lipinski definition) is 6. The number of anilines is 3. The zero-order chi connectivity index (χ0) is 16.6. The molecule has 2 aromatic heterocycles. The average molecular weight is 306 g/mol. The molecular weight excluding hydrogens is 288 g/mol. The van der Waals surface area contributed by atoms with Crippen molar-refractivity contribution in [1.29, 1.82) is 0 Å². The van der Waals surface area contributed by atoms with Crippen LogP contribution in [0, 0.1) is 13.8 Å². The lowest BCUT2D eigenvalue weighted by Crippen LogP contribution is -2.04. The van der Waals surface area contributed by atoms with Crippen LogP contribution in [0.5, 0.6) is 0 Å². The molecule has 0 atom stereocenters. The third-order valence-corrected chi connectivity index (χ3v) is 3.67. The van der Waals surface area contributed by atoms with Gasteiger partial charge in [-0.15, -0.1) is 0 Å². The van der Waals surface area contributed by atoms with E-state index in [1.165, 1.54) is 0 Å². The Labute approximate surface area is 134 Å². The molecule has 3 aromatic rings. The summed E-state index contributed by atoms with van der Waals surface area (Å²) < 4.78 is 0. The van der Waals surface area contributed by atoms with Crippen LogP contribution >= 0.6 is 0 Å². The lowest BCUT2D eigenvalue weighted by molar-refractivity contribution is 1.12. The fourth-order valence-corrected chi connectivity index (χ4v) is 2.61. The molecule has 2 heterocycles. The third-order valence-electron chi connectivity index (χ3n) is 3.67. The maximum absolute atomic E-state index is 5.85. The van der Waals surface area contributed by atoms with Gasteiger partial charge in [-0.25, -0.2) is 15.0 Å². The topological polar surface area (TPSA) is 117 Å². The molecule has 116 valence electrons. The predicted octanol–water partition coefficient (Wildman–Crippen LogP) is 2.57. The summed E-state index contributed by atoms with van der Waals surface area (Å²) in [7, 11) is 0. The largest absolute Gasteiger partial charge is 0.399 e. The monoisotopic (exact) mass is 306 g/mol. The second-order valence-corrected chi connectivity index (χ2v) is 5.38. The molecule has 0 aliphatic rings. The molecule has 6 N–H and O–H groups in total. The number of aryl methyl sites for hydroxylation is 2. The van der Waals surface area contributed by atoms with Crippen molar-refractivity contribution in [1.82, 2.24) is 15.0 Å². The lowest BCUT2D eigenvalue weighted by Gasteiger charge is -2.14. The second-order valence-electron chi connectivity index (χ2n) is 5.38. The van der Waals surface area contributed by atoms with Crippen LogP contribution in [0.4, 0.5) is 17.5 Å². The molecule has 0 spiro atoms. The first kappa shape index (κ1) is 14.8. The molecular formula is C17H18N6. The maximum Gasteiger partial charge on any atom is 0.220 e. The molecule has 0 aliphatic carbocycles. The van der Waals surface area contributed by atoms with Gasteiger partial charge < -0.3 is 17.2 Å². The van der Waals surface area contributed by atoms with Crippen molar-refractivity contribution in [3.05, 3.63) is 47.8 Å². The molecule has 6 nitrogen and oxygen atoms in total. The van der Waals surface area contributed by atoms with Gasteiger partial charge in [0.1, 0.15) is 5.82 Å². The Morgan fingerprint density at radius 1 is 0.739 bits per heavy atom. The van der Waals surface area contributed by atoms with E-state index in [4.69, 9.17) is 17.2 Å². The van der Waals surface area contributed by atoms with E-state index in [1.807, 2.05) is 44.2 Å². The molecule has 0 saturated heterocycles. The summed E-state index contributed by atoms with van der Waals surface area (Å²) in [5.74, 6) is 0.716. The number of pyridine rings is 1. The Morgan fingerprint density at radius 3 is 2.09 bits per heavy atom. The van der Waals surface area contributed by atoms with Crippen LogP contribution in [0.3, 0.4) is 0 Å². The van der Waals surface area contributed by atoms with Crippen LogP contribution in [0.15, 0.2) is 36.4 Å². The van der Waals surface area contributed by atoms with Gasteiger partial charge in [0, 0.05) is 28.1 Å². The van der Waals surface area contributed by atoms with Crippen LogP contribution in [-0.2, 0) is 0 Å². The molecule has 0 amide bonds. The highest BCUT2D eigenvalue weighted by molar-refractivity contribution is 5.84. The van der Waals surface area contributed by atoms with E-state index in [2.05, 4.69) is 15.0 Å². The molecule has 3 rings (SSSR count). The Hall–Kier alpha value is -3.15. The van der Waals surface area contributed by atoms with Gasteiger partial charge in [-0.3, -0.25) is 0 Å². The third kappa shape index (κ3) is 2.78. The minimum absolute atomic E-state index is 0.235. The van der Waals surface area contributed by atoms with Gasteiger partial charge in [-0.1, -0.05) is 12.1 Å². The molecule has 0 fully saturated rings. The van der Waals surface area contributed by atoms with E-state index in [9.17, 15) is 0 Å². The summed E-state index contributed by atoms with van der Waals surface area (Å²) in [6, 6.07) is 11.2. The molecule has 0 saturated carbocycles. The smallest absolute Gasteiger partial charge is 0.220 e. The summed E-state index contributed by atoms with van der Waals surface area (Å²) in [5, 5.41) is 0. The highest BCUT2D eigenvalue weighted by Crippen LogP contribution is 2.35. The molecule has 0 unspecified atom stereocenters. The van der Waals surface area contributed by atoms with Gasteiger partial charge in [-0.2, -0.15) is 0 Å². The van der Waals surface area contributed by atoms with Crippen molar-refractivity contribution in [2.45, 2.75) is 13.8 Å². The van der Waals surface area contributed by atoms with Crippen molar-refractivity contribution >= 4 is 17.5 Å². The van der Waals surface area contributed by atoms with E-state index in [-0.39, 0.29) is 5.95 Å². The quantitative estimate of drug-likeness (QED) is 0.626. The van der Waals surface area contributed by atoms with Crippen LogP contribution in [0.2, 0.25) is 0 Å². The fourth-order valence-electron chi connectivity index (χ4n) is 2.61. The summed E-state index contributed by atoms with van der Waals surface area (Å²) in [6.45, 7) is 3.82. The van der Waals surface area contributed by atoms with E-state index in [1.54, 1.807) is 6.07 Å². The minimum Gasteiger partial charge on any atom is -0.399 e. The van der Waals surface area contributed by atoms with Crippen molar-refractivity contribution in [3.63, 3.8) is 0 Å². The van der Waals surface area contributed by atoms with Crippen LogP contribution < -0.4 is 17.2 Å². The average Bonchev–Trinajstić information content (AvgIpc) is 2.48. The molecule has 6 heteroatoms. The fraction of sp³-hybridized carbons (Fsp3) is 0.118. The number of aromatic nitrogens is 3. The van der Waals surface area contributed by atoms with Crippen LogP contribution in [0.25, 0.3) is 22.4 Å². The van der Waals surface area contributed by atoms with Gasteiger partial charge in [0.25, 0.3) is 0 Å². The van der Waals surface area contributed by atoms with E-state index >= 15 is 0 Å². The maximum atomic E-state index is 5.85. The number of rotatable bonds is 2. The number of nitrogen functional groups attached to an aromatic ring is 3. The van der Waals surface area contributed by atoms with Gasteiger partial charge >= 0.3 is 0 Å². The number of hydrogen-bond donors (Lipinski definition) is 3. The molecule has 1 aromatic carbocycles. The van der Waals surface area contributed by atoms with Gasteiger partial charge in [0.05, 0.1) is 11.4 Å².